The third kappa shape index (κ3) is 3.50. The summed E-state index contributed by atoms with van der Waals surface area (Å²) < 4.78 is 0. The molecule has 1 aromatic carbocycles. The van der Waals surface area contributed by atoms with E-state index in [2.05, 4.69) is 62.2 Å². The van der Waals surface area contributed by atoms with Crippen LogP contribution < -0.4 is 10.2 Å². The van der Waals surface area contributed by atoms with E-state index in [1.54, 1.807) is 0 Å². The molecule has 1 unspecified atom stereocenters. The van der Waals surface area contributed by atoms with Crippen molar-refractivity contribution in [1.29, 1.82) is 0 Å². The fourth-order valence-corrected chi connectivity index (χ4v) is 3.03. The summed E-state index contributed by atoms with van der Waals surface area (Å²) in [7, 11) is 0. The van der Waals surface area contributed by atoms with Gasteiger partial charge in [-0.2, -0.15) is 0 Å². The van der Waals surface area contributed by atoms with E-state index in [4.69, 9.17) is 0 Å². The highest BCUT2D eigenvalue weighted by atomic mass is 15.2. The molecule has 0 bridgehead atoms. The zero-order valence-electron chi connectivity index (χ0n) is 12.9. The molecule has 2 rings (SSSR count). The molecule has 1 aromatic rings. The van der Waals surface area contributed by atoms with E-state index in [9.17, 15) is 0 Å². The lowest BCUT2D eigenvalue weighted by Gasteiger charge is -2.37. The van der Waals surface area contributed by atoms with Crippen molar-refractivity contribution < 1.29 is 0 Å². The third-order valence-electron chi connectivity index (χ3n) is 3.97. The Balaban J connectivity index is 2.21. The van der Waals surface area contributed by atoms with Gasteiger partial charge in [0.15, 0.2) is 0 Å². The largest absolute Gasteiger partial charge is 0.370 e. The maximum absolute atomic E-state index is 3.60. The zero-order chi connectivity index (χ0) is 13.9. The third-order valence-corrected chi connectivity index (χ3v) is 3.97. The molecular formula is C17H28N2. The van der Waals surface area contributed by atoms with E-state index < -0.39 is 0 Å². The molecule has 0 spiro atoms. The summed E-state index contributed by atoms with van der Waals surface area (Å²) in [6, 6.07) is 9.55. The van der Waals surface area contributed by atoms with Crippen LogP contribution in [0.4, 0.5) is 5.69 Å². The average molecular weight is 260 g/mol. The topological polar surface area (TPSA) is 15.3 Å². The number of likely N-dealkylation sites (N-methyl/N-ethyl adjacent to an activating group) is 1. The molecule has 0 amide bonds. The summed E-state index contributed by atoms with van der Waals surface area (Å²) >= 11 is 0. The van der Waals surface area contributed by atoms with E-state index in [0.29, 0.717) is 6.04 Å². The summed E-state index contributed by atoms with van der Waals surface area (Å²) in [5, 5.41) is 3.60. The van der Waals surface area contributed by atoms with Gasteiger partial charge in [-0.3, -0.25) is 0 Å². The van der Waals surface area contributed by atoms with Gasteiger partial charge in [0.2, 0.25) is 0 Å². The predicted molar refractivity (Wildman–Crippen MR) is 84.1 cm³/mol. The number of anilines is 1. The maximum Gasteiger partial charge on any atom is 0.0404 e. The molecule has 2 nitrogen and oxygen atoms in total. The number of hydrogen-bond donors (Lipinski definition) is 1. The molecule has 1 aliphatic rings. The van der Waals surface area contributed by atoms with Crippen LogP contribution in [0.15, 0.2) is 24.3 Å². The van der Waals surface area contributed by atoms with Crippen molar-refractivity contribution in [2.75, 3.05) is 24.5 Å². The Hall–Kier alpha value is -1.02. The van der Waals surface area contributed by atoms with Gasteiger partial charge >= 0.3 is 0 Å². The van der Waals surface area contributed by atoms with Crippen LogP contribution in [-0.4, -0.2) is 25.7 Å². The molecule has 0 aromatic heterocycles. The van der Waals surface area contributed by atoms with Gasteiger partial charge in [-0.1, -0.05) is 45.9 Å². The fraction of sp³-hybridized carbons (Fsp3) is 0.647. The Kier molecular flexibility index (Phi) is 4.51. The van der Waals surface area contributed by atoms with Crippen LogP contribution >= 0.6 is 0 Å². The summed E-state index contributed by atoms with van der Waals surface area (Å²) in [6.07, 6.45) is 2.60. The molecule has 19 heavy (non-hydrogen) atoms. The summed E-state index contributed by atoms with van der Waals surface area (Å²) in [5.74, 6) is 0. The highest BCUT2D eigenvalue weighted by Crippen LogP contribution is 2.33. The first kappa shape index (κ1) is 14.4. The molecule has 1 heterocycles. The molecule has 2 heteroatoms. The highest BCUT2D eigenvalue weighted by molar-refractivity contribution is 5.56. The van der Waals surface area contributed by atoms with E-state index in [1.165, 1.54) is 30.6 Å². The highest BCUT2D eigenvalue weighted by Gasteiger charge is 2.24. The van der Waals surface area contributed by atoms with Crippen molar-refractivity contribution in [3.05, 3.63) is 29.8 Å². The first-order valence-corrected chi connectivity index (χ1v) is 7.60. The minimum Gasteiger partial charge on any atom is -0.370 e. The van der Waals surface area contributed by atoms with Gasteiger partial charge in [-0.15, -0.1) is 0 Å². The van der Waals surface area contributed by atoms with Gasteiger partial charge in [0.25, 0.3) is 0 Å². The first-order valence-electron chi connectivity index (χ1n) is 7.60. The Morgan fingerprint density at radius 2 is 2.00 bits per heavy atom. The van der Waals surface area contributed by atoms with Gasteiger partial charge in [0, 0.05) is 24.8 Å². The maximum atomic E-state index is 3.60. The Morgan fingerprint density at radius 3 is 2.68 bits per heavy atom. The smallest absolute Gasteiger partial charge is 0.0404 e. The average Bonchev–Trinajstić information content (AvgIpc) is 2.38. The van der Waals surface area contributed by atoms with Crippen LogP contribution in [0.5, 0.6) is 0 Å². The molecule has 106 valence electrons. The minimum atomic E-state index is 0.210. The number of nitrogens with one attached hydrogen (secondary N) is 1. The second-order valence-corrected chi connectivity index (χ2v) is 6.61. The molecule has 0 saturated carbocycles. The molecule has 0 radical (unpaired) electrons. The molecule has 1 atom stereocenters. The van der Waals surface area contributed by atoms with Gasteiger partial charge in [-0.25, -0.2) is 0 Å². The lowest BCUT2D eigenvalue weighted by Crippen LogP contribution is -2.46. The quantitative estimate of drug-likeness (QED) is 0.894. The van der Waals surface area contributed by atoms with Crippen LogP contribution in [0.2, 0.25) is 0 Å². The van der Waals surface area contributed by atoms with Gasteiger partial charge in [-0.05, 0) is 36.4 Å². The van der Waals surface area contributed by atoms with Crippen LogP contribution in [0.3, 0.4) is 0 Å². The molecular weight excluding hydrogens is 232 g/mol. The van der Waals surface area contributed by atoms with Crippen molar-refractivity contribution in [3.8, 4) is 0 Å². The second-order valence-electron chi connectivity index (χ2n) is 6.61. The van der Waals surface area contributed by atoms with Crippen LogP contribution in [0.1, 0.15) is 46.1 Å². The Labute approximate surface area is 118 Å². The minimum absolute atomic E-state index is 0.210. The molecule has 1 N–H and O–H groups in total. The van der Waals surface area contributed by atoms with Crippen molar-refractivity contribution in [2.24, 2.45) is 0 Å². The predicted octanol–water partition coefficient (Wildman–Crippen LogP) is 3.56. The van der Waals surface area contributed by atoms with Crippen LogP contribution in [-0.2, 0) is 5.41 Å². The van der Waals surface area contributed by atoms with E-state index in [0.717, 1.165) is 13.1 Å². The second kappa shape index (κ2) is 5.96. The molecule has 0 aliphatic carbocycles. The Bertz CT molecular complexity index is 404. The number of hydrogen-bond acceptors (Lipinski definition) is 2. The van der Waals surface area contributed by atoms with Crippen molar-refractivity contribution in [2.45, 2.75) is 52.0 Å². The summed E-state index contributed by atoms with van der Waals surface area (Å²) in [4.78, 5) is 2.57. The summed E-state index contributed by atoms with van der Waals surface area (Å²) in [6.45, 7) is 12.5. The van der Waals surface area contributed by atoms with Crippen LogP contribution in [0, 0.1) is 0 Å². The SMILES string of the molecule is CCNC1CCCN(c2ccccc2C(C)(C)C)C1. The van der Waals surface area contributed by atoms with E-state index >= 15 is 0 Å². The molecule has 1 saturated heterocycles. The number of para-hydroxylation sites is 1. The number of rotatable bonds is 3. The normalized spacial score (nSPS) is 20.6. The fourth-order valence-electron chi connectivity index (χ4n) is 3.03. The number of nitrogens with zero attached hydrogens (tertiary/aromatic N) is 1. The van der Waals surface area contributed by atoms with Crippen molar-refractivity contribution in [1.82, 2.24) is 5.32 Å². The van der Waals surface area contributed by atoms with Crippen molar-refractivity contribution in [3.63, 3.8) is 0 Å². The number of piperidine rings is 1. The van der Waals surface area contributed by atoms with Gasteiger partial charge in [0.1, 0.15) is 0 Å². The van der Waals surface area contributed by atoms with E-state index in [-0.39, 0.29) is 5.41 Å². The van der Waals surface area contributed by atoms with E-state index in [1.807, 2.05) is 0 Å². The van der Waals surface area contributed by atoms with Crippen LogP contribution in [0.25, 0.3) is 0 Å². The molecule has 1 fully saturated rings. The zero-order valence-corrected chi connectivity index (χ0v) is 12.9. The monoisotopic (exact) mass is 260 g/mol. The lowest BCUT2D eigenvalue weighted by atomic mass is 9.85. The standard InChI is InChI=1S/C17H28N2/c1-5-18-14-9-8-12-19(13-14)16-11-7-6-10-15(16)17(2,3)4/h6-7,10-11,14,18H,5,8-9,12-13H2,1-4H3. The Morgan fingerprint density at radius 1 is 1.26 bits per heavy atom. The summed E-state index contributed by atoms with van der Waals surface area (Å²) in [5.41, 5.74) is 3.10. The van der Waals surface area contributed by atoms with Gasteiger partial charge < -0.3 is 10.2 Å². The van der Waals surface area contributed by atoms with Crippen molar-refractivity contribution >= 4 is 5.69 Å². The lowest BCUT2D eigenvalue weighted by molar-refractivity contribution is 0.429. The van der Waals surface area contributed by atoms with Gasteiger partial charge in [0.05, 0.1) is 0 Å². The molecule has 1 aliphatic heterocycles. The number of benzene rings is 1. The first-order chi connectivity index (χ1) is 9.02.